The zero-order valence-electron chi connectivity index (χ0n) is 9.56. The molecule has 1 aromatic carbocycles. The highest BCUT2D eigenvalue weighted by Gasteiger charge is 2.04. The van der Waals surface area contributed by atoms with Crippen LogP contribution in [0.3, 0.4) is 0 Å². The number of aryl methyl sites for hydroxylation is 1. The van der Waals surface area contributed by atoms with Crippen LogP contribution in [0.25, 0.3) is 10.9 Å². The van der Waals surface area contributed by atoms with E-state index in [0.29, 0.717) is 5.75 Å². The second-order valence-corrected chi connectivity index (χ2v) is 3.93. The minimum atomic E-state index is -1.07. The zero-order valence-corrected chi connectivity index (χ0v) is 9.56. The van der Waals surface area contributed by atoms with E-state index in [1.54, 1.807) is 6.07 Å². The highest BCUT2D eigenvalue weighted by molar-refractivity contribution is 5.80. The van der Waals surface area contributed by atoms with Gasteiger partial charge in [0.1, 0.15) is 25.1 Å². The van der Waals surface area contributed by atoms with Gasteiger partial charge in [0.05, 0.1) is 5.52 Å². The van der Waals surface area contributed by atoms with Gasteiger partial charge in [-0.2, -0.15) is 0 Å². The van der Waals surface area contributed by atoms with Gasteiger partial charge < -0.3 is 9.84 Å². The van der Waals surface area contributed by atoms with Crippen molar-refractivity contribution in [3.8, 4) is 5.75 Å². The number of nitrogens with zero attached hydrogens (tertiary/aromatic N) is 1. The number of aromatic nitrogens is 1. The third kappa shape index (κ3) is 2.91. The van der Waals surface area contributed by atoms with E-state index in [0.717, 1.165) is 16.6 Å². The Hall–Kier alpha value is -1.68. The number of aliphatic hydroxyl groups excluding tert-OH is 1. The molecule has 0 aliphatic carbocycles. The molecule has 17 heavy (non-hydrogen) atoms. The van der Waals surface area contributed by atoms with Gasteiger partial charge in [-0.3, -0.25) is 4.98 Å². The maximum Gasteiger partial charge on any atom is 0.120 e. The Morgan fingerprint density at radius 3 is 2.94 bits per heavy atom. The molecule has 90 valence electrons. The first-order valence-corrected chi connectivity index (χ1v) is 5.43. The number of hydrogen-bond donors (Lipinski definition) is 1. The highest BCUT2D eigenvalue weighted by atomic mass is 19.1. The molecular formula is C13H14FNO2. The van der Waals surface area contributed by atoms with Gasteiger partial charge in [0.15, 0.2) is 0 Å². The van der Waals surface area contributed by atoms with Crippen molar-refractivity contribution in [2.24, 2.45) is 0 Å². The molecule has 1 N–H and O–H groups in total. The standard InChI is InChI=1S/C13H14FNO2/c1-9-2-3-10-6-12(4-5-13(10)15-9)17-8-11(16)7-14/h2-6,11,16H,7-8H2,1H3/t11-/m1/s1. The van der Waals surface area contributed by atoms with Crippen molar-refractivity contribution in [1.82, 2.24) is 4.98 Å². The molecule has 2 aromatic rings. The third-order valence-electron chi connectivity index (χ3n) is 2.42. The molecule has 0 bridgehead atoms. The topological polar surface area (TPSA) is 42.4 Å². The number of fused-ring (bicyclic) bond motifs is 1. The maximum atomic E-state index is 12.0. The van der Waals surface area contributed by atoms with Crippen molar-refractivity contribution in [3.05, 3.63) is 36.0 Å². The fourth-order valence-electron chi connectivity index (χ4n) is 1.53. The van der Waals surface area contributed by atoms with Crippen molar-refractivity contribution >= 4 is 10.9 Å². The number of rotatable bonds is 4. The Kier molecular flexibility index (Phi) is 3.54. The summed E-state index contributed by atoms with van der Waals surface area (Å²) in [5.41, 5.74) is 1.85. The van der Waals surface area contributed by atoms with Crippen molar-refractivity contribution in [3.63, 3.8) is 0 Å². The van der Waals surface area contributed by atoms with E-state index >= 15 is 0 Å². The molecule has 2 rings (SSSR count). The van der Waals surface area contributed by atoms with Gasteiger partial charge in [-0.15, -0.1) is 0 Å². The van der Waals surface area contributed by atoms with Crippen LogP contribution in [0.15, 0.2) is 30.3 Å². The van der Waals surface area contributed by atoms with Crippen molar-refractivity contribution < 1.29 is 14.2 Å². The second kappa shape index (κ2) is 5.10. The second-order valence-electron chi connectivity index (χ2n) is 3.93. The summed E-state index contributed by atoms with van der Waals surface area (Å²) in [5.74, 6) is 0.607. The van der Waals surface area contributed by atoms with E-state index in [1.807, 2.05) is 31.2 Å². The number of aliphatic hydroxyl groups is 1. The molecule has 0 aliphatic rings. The fourth-order valence-corrected chi connectivity index (χ4v) is 1.53. The molecule has 0 unspecified atom stereocenters. The van der Waals surface area contributed by atoms with Crippen LogP contribution in [0.1, 0.15) is 5.69 Å². The normalized spacial score (nSPS) is 12.6. The van der Waals surface area contributed by atoms with Crippen LogP contribution < -0.4 is 4.74 Å². The molecule has 1 aromatic heterocycles. The highest BCUT2D eigenvalue weighted by Crippen LogP contribution is 2.19. The predicted molar refractivity (Wildman–Crippen MR) is 64.0 cm³/mol. The summed E-state index contributed by atoms with van der Waals surface area (Å²) in [6, 6.07) is 9.31. The molecule has 0 aliphatic heterocycles. The van der Waals surface area contributed by atoms with Crippen LogP contribution in [0, 0.1) is 6.92 Å². The number of ether oxygens (including phenoxy) is 1. The number of hydrogen-bond acceptors (Lipinski definition) is 3. The van der Waals surface area contributed by atoms with E-state index in [1.165, 1.54) is 0 Å². The average Bonchev–Trinajstić information content (AvgIpc) is 2.35. The molecule has 4 heteroatoms. The third-order valence-corrected chi connectivity index (χ3v) is 2.42. The summed E-state index contributed by atoms with van der Waals surface area (Å²) in [6.07, 6.45) is -1.07. The average molecular weight is 235 g/mol. The lowest BCUT2D eigenvalue weighted by molar-refractivity contribution is 0.0842. The summed E-state index contributed by atoms with van der Waals surface area (Å²) >= 11 is 0. The minimum Gasteiger partial charge on any atom is -0.491 e. The van der Waals surface area contributed by atoms with Crippen LogP contribution in [0.5, 0.6) is 5.75 Å². The molecule has 0 radical (unpaired) electrons. The Morgan fingerprint density at radius 2 is 2.18 bits per heavy atom. The Morgan fingerprint density at radius 1 is 1.35 bits per heavy atom. The van der Waals surface area contributed by atoms with Crippen LogP contribution in [0.4, 0.5) is 4.39 Å². The number of pyridine rings is 1. The van der Waals surface area contributed by atoms with Gasteiger partial charge in [-0.25, -0.2) is 4.39 Å². The molecular weight excluding hydrogens is 221 g/mol. The van der Waals surface area contributed by atoms with Crippen molar-refractivity contribution in [1.29, 1.82) is 0 Å². The smallest absolute Gasteiger partial charge is 0.120 e. The number of benzene rings is 1. The van der Waals surface area contributed by atoms with E-state index in [9.17, 15) is 4.39 Å². The summed E-state index contributed by atoms with van der Waals surface area (Å²) in [7, 11) is 0. The lowest BCUT2D eigenvalue weighted by Crippen LogP contribution is -2.19. The molecule has 3 nitrogen and oxygen atoms in total. The van der Waals surface area contributed by atoms with Crippen LogP contribution in [-0.2, 0) is 0 Å². The summed E-state index contributed by atoms with van der Waals surface area (Å²) in [5, 5.41) is 10.0. The predicted octanol–water partition coefficient (Wildman–Crippen LogP) is 2.25. The maximum absolute atomic E-state index is 12.0. The zero-order chi connectivity index (χ0) is 12.3. The van der Waals surface area contributed by atoms with Crippen LogP contribution >= 0.6 is 0 Å². The molecule has 0 saturated heterocycles. The Bertz CT molecular complexity index is 516. The number of halogens is 1. The lowest BCUT2D eigenvalue weighted by Gasteiger charge is -2.09. The van der Waals surface area contributed by atoms with Crippen LogP contribution in [0.2, 0.25) is 0 Å². The molecule has 1 atom stereocenters. The van der Waals surface area contributed by atoms with Gasteiger partial charge in [0.2, 0.25) is 0 Å². The van der Waals surface area contributed by atoms with Gasteiger partial charge in [-0.1, -0.05) is 6.07 Å². The first-order valence-electron chi connectivity index (χ1n) is 5.43. The van der Waals surface area contributed by atoms with E-state index < -0.39 is 12.8 Å². The molecule has 1 heterocycles. The number of alkyl halides is 1. The van der Waals surface area contributed by atoms with Crippen molar-refractivity contribution in [2.45, 2.75) is 13.0 Å². The fraction of sp³-hybridized carbons (Fsp3) is 0.308. The summed E-state index contributed by atoms with van der Waals surface area (Å²) in [4.78, 5) is 4.36. The lowest BCUT2D eigenvalue weighted by atomic mass is 10.2. The molecule has 0 saturated carbocycles. The van der Waals surface area contributed by atoms with Crippen molar-refractivity contribution in [2.75, 3.05) is 13.3 Å². The monoisotopic (exact) mass is 235 g/mol. The van der Waals surface area contributed by atoms with Crippen LogP contribution in [-0.4, -0.2) is 29.5 Å². The Balaban J connectivity index is 2.17. The quantitative estimate of drug-likeness (QED) is 0.883. The largest absolute Gasteiger partial charge is 0.491 e. The SMILES string of the molecule is Cc1ccc2cc(OC[C@H](O)CF)ccc2n1. The minimum absolute atomic E-state index is 0.0404. The van der Waals surface area contributed by atoms with Gasteiger partial charge >= 0.3 is 0 Å². The molecule has 0 amide bonds. The molecule has 0 spiro atoms. The van der Waals surface area contributed by atoms with E-state index in [4.69, 9.17) is 9.84 Å². The van der Waals surface area contributed by atoms with E-state index in [2.05, 4.69) is 4.98 Å². The first kappa shape index (κ1) is 11.8. The Labute approximate surface area is 98.9 Å². The van der Waals surface area contributed by atoms with Gasteiger partial charge in [-0.05, 0) is 31.2 Å². The summed E-state index contributed by atoms with van der Waals surface area (Å²) < 4.78 is 17.3. The van der Waals surface area contributed by atoms with E-state index in [-0.39, 0.29) is 6.61 Å². The van der Waals surface area contributed by atoms with Gasteiger partial charge in [0.25, 0.3) is 0 Å². The van der Waals surface area contributed by atoms with Gasteiger partial charge in [0, 0.05) is 11.1 Å². The first-order chi connectivity index (χ1) is 8.19. The molecule has 0 fully saturated rings. The summed E-state index contributed by atoms with van der Waals surface area (Å²) in [6.45, 7) is 1.09.